The van der Waals surface area contributed by atoms with Gasteiger partial charge >= 0.3 is 0 Å². The molecule has 2 aromatic rings. The number of aromatic nitrogens is 2. The Morgan fingerprint density at radius 2 is 1.78 bits per heavy atom. The monoisotopic (exact) mass is 320 g/mol. The molecule has 0 bridgehead atoms. The molecule has 0 amide bonds. The highest BCUT2D eigenvalue weighted by atomic mass is 19.2. The van der Waals surface area contributed by atoms with Crippen LogP contribution in [0.5, 0.6) is 0 Å². The first-order valence-corrected chi connectivity index (χ1v) is 7.85. The van der Waals surface area contributed by atoms with Crippen LogP contribution < -0.4 is 0 Å². The summed E-state index contributed by atoms with van der Waals surface area (Å²) in [6, 6.07) is 4.15. The minimum Gasteiger partial charge on any atom is -0.370 e. The maximum absolute atomic E-state index is 13.9. The standard InChI is InChI=1S/C18H22F2N2O/c1-17(2)8-12(9-18(3,4)23-17)14-10-22(11-21-14)15-7-5-6-13(19)16(15)20/h5-7,10-12H,8-9H2,1-4H3. The average Bonchev–Trinajstić information content (AvgIpc) is 2.88. The van der Waals surface area contributed by atoms with Crippen molar-refractivity contribution in [1.82, 2.24) is 9.55 Å². The Labute approximate surface area is 135 Å². The molecule has 3 nitrogen and oxygen atoms in total. The zero-order valence-electron chi connectivity index (χ0n) is 13.9. The molecule has 1 aromatic heterocycles. The smallest absolute Gasteiger partial charge is 0.182 e. The van der Waals surface area contributed by atoms with Crippen LogP contribution in [0, 0.1) is 11.6 Å². The van der Waals surface area contributed by atoms with Gasteiger partial charge in [-0.1, -0.05) is 6.07 Å². The second kappa shape index (κ2) is 5.41. The lowest BCUT2D eigenvalue weighted by Crippen LogP contribution is -2.44. The Bertz CT molecular complexity index is 706. The summed E-state index contributed by atoms with van der Waals surface area (Å²) in [6.07, 6.45) is 5.03. The van der Waals surface area contributed by atoms with Gasteiger partial charge in [0.25, 0.3) is 0 Å². The fourth-order valence-electron chi connectivity index (χ4n) is 3.67. The lowest BCUT2D eigenvalue weighted by molar-refractivity contribution is -0.162. The van der Waals surface area contributed by atoms with Gasteiger partial charge in [0.1, 0.15) is 0 Å². The van der Waals surface area contributed by atoms with Gasteiger partial charge in [-0.25, -0.2) is 13.8 Å². The van der Waals surface area contributed by atoms with Crippen LogP contribution in [-0.2, 0) is 4.74 Å². The van der Waals surface area contributed by atoms with E-state index in [2.05, 4.69) is 32.7 Å². The molecule has 1 saturated heterocycles. The summed E-state index contributed by atoms with van der Waals surface area (Å²) >= 11 is 0. The van der Waals surface area contributed by atoms with Crippen molar-refractivity contribution in [3.8, 4) is 5.69 Å². The Hall–Kier alpha value is -1.75. The molecule has 0 saturated carbocycles. The molecule has 0 aliphatic carbocycles. The van der Waals surface area contributed by atoms with Gasteiger partial charge in [-0.05, 0) is 52.7 Å². The molecule has 0 radical (unpaired) electrons. The Kier molecular flexibility index (Phi) is 3.79. The minimum atomic E-state index is -0.857. The van der Waals surface area contributed by atoms with E-state index < -0.39 is 11.6 Å². The lowest BCUT2D eigenvalue weighted by Gasteiger charge is -2.45. The van der Waals surface area contributed by atoms with Crippen molar-refractivity contribution in [3.05, 3.63) is 48.1 Å². The molecule has 3 rings (SSSR count). The van der Waals surface area contributed by atoms with Gasteiger partial charge in [-0.2, -0.15) is 0 Å². The number of rotatable bonds is 2. The summed E-state index contributed by atoms with van der Waals surface area (Å²) in [5.74, 6) is -1.48. The van der Waals surface area contributed by atoms with Crippen molar-refractivity contribution >= 4 is 0 Å². The maximum Gasteiger partial charge on any atom is 0.182 e. The topological polar surface area (TPSA) is 27.1 Å². The fourth-order valence-corrected chi connectivity index (χ4v) is 3.67. The molecule has 0 unspecified atom stereocenters. The fraction of sp³-hybridized carbons (Fsp3) is 0.500. The largest absolute Gasteiger partial charge is 0.370 e. The first-order valence-electron chi connectivity index (χ1n) is 7.85. The van der Waals surface area contributed by atoms with Crippen LogP contribution in [-0.4, -0.2) is 20.8 Å². The summed E-state index contributed by atoms with van der Waals surface area (Å²) in [4.78, 5) is 4.44. The molecule has 2 heterocycles. The molecule has 0 atom stereocenters. The third-order valence-corrected chi connectivity index (χ3v) is 4.26. The molecule has 5 heteroatoms. The lowest BCUT2D eigenvalue weighted by atomic mass is 9.79. The van der Waals surface area contributed by atoms with E-state index in [0.29, 0.717) is 0 Å². The van der Waals surface area contributed by atoms with E-state index in [1.54, 1.807) is 23.2 Å². The normalized spacial score (nSPS) is 20.6. The number of halogens is 2. The molecule has 1 aliphatic rings. The van der Waals surface area contributed by atoms with E-state index in [9.17, 15) is 8.78 Å². The van der Waals surface area contributed by atoms with Gasteiger partial charge in [0.05, 0.1) is 28.9 Å². The SMILES string of the molecule is CC1(C)CC(c2cn(-c3cccc(F)c3F)cn2)CC(C)(C)O1. The predicted molar refractivity (Wildman–Crippen MR) is 84.7 cm³/mol. The first-order chi connectivity index (χ1) is 10.7. The van der Waals surface area contributed by atoms with Crippen LogP contribution >= 0.6 is 0 Å². The summed E-state index contributed by atoms with van der Waals surface area (Å²) in [7, 11) is 0. The highest BCUT2D eigenvalue weighted by Gasteiger charge is 2.40. The van der Waals surface area contributed by atoms with Crippen molar-refractivity contribution in [2.75, 3.05) is 0 Å². The van der Waals surface area contributed by atoms with Crippen LogP contribution in [0.1, 0.15) is 52.1 Å². The number of benzene rings is 1. The summed E-state index contributed by atoms with van der Waals surface area (Å²) in [5, 5.41) is 0. The van der Waals surface area contributed by atoms with Crippen molar-refractivity contribution in [1.29, 1.82) is 0 Å². The van der Waals surface area contributed by atoms with Gasteiger partial charge in [0.2, 0.25) is 0 Å². The highest BCUT2D eigenvalue weighted by Crippen LogP contribution is 2.42. The maximum atomic E-state index is 13.9. The van der Waals surface area contributed by atoms with Gasteiger partial charge in [-0.3, -0.25) is 0 Å². The number of hydrogen-bond donors (Lipinski definition) is 0. The molecular formula is C18H22F2N2O. The first kappa shape index (κ1) is 16.1. The van der Waals surface area contributed by atoms with Gasteiger partial charge in [-0.15, -0.1) is 0 Å². The van der Waals surface area contributed by atoms with Crippen LogP contribution in [0.15, 0.2) is 30.7 Å². The number of imidazole rings is 1. The summed E-state index contributed by atoms with van der Waals surface area (Å²) in [5.41, 5.74) is 0.591. The molecule has 1 fully saturated rings. The zero-order valence-corrected chi connectivity index (χ0v) is 13.9. The molecular weight excluding hydrogens is 298 g/mol. The Balaban J connectivity index is 1.91. The van der Waals surface area contributed by atoms with Crippen LogP contribution in [0.4, 0.5) is 8.78 Å². The van der Waals surface area contributed by atoms with Crippen molar-refractivity contribution in [3.63, 3.8) is 0 Å². The van der Waals surface area contributed by atoms with E-state index in [1.165, 1.54) is 6.07 Å². The third kappa shape index (κ3) is 3.29. The van der Waals surface area contributed by atoms with E-state index in [-0.39, 0.29) is 22.8 Å². The van der Waals surface area contributed by atoms with Crippen molar-refractivity contribution < 1.29 is 13.5 Å². The molecule has 0 spiro atoms. The van der Waals surface area contributed by atoms with Crippen molar-refractivity contribution in [2.45, 2.75) is 57.7 Å². The Morgan fingerprint density at radius 1 is 1.13 bits per heavy atom. The van der Waals surface area contributed by atoms with Gasteiger partial charge < -0.3 is 9.30 Å². The van der Waals surface area contributed by atoms with Crippen LogP contribution in [0.2, 0.25) is 0 Å². The number of nitrogens with zero attached hydrogens (tertiary/aromatic N) is 2. The van der Waals surface area contributed by atoms with E-state index in [1.807, 2.05) is 0 Å². The third-order valence-electron chi connectivity index (χ3n) is 4.26. The second-order valence-corrected chi connectivity index (χ2v) is 7.51. The second-order valence-electron chi connectivity index (χ2n) is 7.51. The van der Waals surface area contributed by atoms with Gasteiger partial charge in [0, 0.05) is 12.1 Å². The number of hydrogen-bond acceptors (Lipinski definition) is 2. The molecule has 23 heavy (non-hydrogen) atoms. The van der Waals surface area contributed by atoms with Gasteiger partial charge in [0.15, 0.2) is 11.6 Å². The minimum absolute atomic E-state index is 0.175. The number of ether oxygens (including phenoxy) is 1. The molecule has 1 aliphatic heterocycles. The van der Waals surface area contributed by atoms with E-state index in [0.717, 1.165) is 24.6 Å². The molecule has 0 N–H and O–H groups in total. The van der Waals surface area contributed by atoms with Crippen LogP contribution in [0.25, 0.3) is 5.69 Å². The molecule has 124 valence electrons. The highest BCUT2D eigenvalue weighted by molar-refractivity contribution is 5.35. The van der Waals surface area contributed by atoms with Crippen molar-refractivity contribution in [2.24, 2.45) is 0 Å². The summed E-state index contributed by atoms with van der Waals surface area (Å²) < 4.78 is 35.0. The quantitative estimate of drug-likeness (QED) is 0.808. The predicted octanol–water partition coefficient (Wildman–Crippen LogP) is 4.60. The average molecular weight is 320 g/mol. The summed E-state index contributed by atoms with van der Waals surface area (Å²) in [6.45, 7) is 8.29. The van der Waals surface area contributed by atoms with E-state index in [4.69, 9.17) is 4.74 Å². The molecule has 1 aromatic carbocycles. The zero-order chi connectivity index (χ0) is 16.8. The van der Waals surface area contributed by atoms with E-state index >= 15 is 0 Å². The Morgan fingerprint density at radius 3 is 2.43 bits per heavy atom. The van der Waals surface area contributed by atoms with Crippen LogP contribution in [0.3, 0.4) is 0 Å².